The fraction of sp³-hybridized carbons (Fsp3) is 0.333. The van der Waals surface area contributed by atoms with E-state index in [0.29, 0.717) is 18.4 Å². The van der Waals surface area contributed by atoms with Crippen molar-refractivity contribution in [3.8, 4) is 0 Å². The van der Waals surface area contributed by atoms with Crippen LogP contribution in [-0.4, -0.2) is 23.0 Å². The zero-order valence-corrected chi connectivity index (χ0v) is 12.1. The Kier molecular flexibility index (Phi) is 7.87. The van der Waals surface area contributed by atoms with Gasteiger partial charge in [-0.3, -0.25) is 4.99 Å². The molecule has 0 aliphatic rings. The van der Waals surface area contributed by atoms with Crippen molar-refractivity contribution in [2.75, 3.05) is 0 Å². The Bertz CT molecular complexity index is 379. The predicted molar refractivity (Wildman–Crippen MR) is 59.3 cm³/mol. The van der Waals surface area contributed by atoms with Crippen LogP contribution in [0.2, 0.25) is 0 Å². The molecule has 0 unspecified atom stereocenters. The summed E-state index contributed by atoms with van der Waals surface area (Å²) in [6.45, 7) is 1.86. The summed E-state index contributed by atoms with van der Waals surface area (Å²) in [4.78, 5) is 14.5. The molecule has 1 aromatic rings. The first-order valence-electron chi connectivity index (χ1n) is 5.18. The standard InChI is InChI=1S/C12H15NO3.Na/c1-2-6-10(12(15)16)13-11(14)9-7-4-3-5-8-9;/h3-5,7-8,10H,2,6H2,1H3,(H,13,14)(H,15,16);/q;+1/p-1/t10-;/m1./s1. The molecule has 86 valence electrons. The third kappa shape index (κ3) is 5.35. The summed E-state index contributed by atoms with van der Waals surface area (Å²) in [5.74, 6) is -1.52. The molecule has 1 rings (SSSR count). The van der Waals surface area contributed by atoms with Crippen LogP contribution in [0.15, 0.2) is 35.3 Å². The summed E-state index contributed by atoms with van der Waals surface area (Å²) < 4.78 is 0. The van der Waals surface area contributed by atoms with Crippen molar-refractivity contribution in [2.45, 2.75) is 25.8 Å². The smallest absolute Gasteiger partial charge is 0.858 e. The predicted octanol–water partition coefficient (Wildman–Crippen LogP) is -1.95. The molecular weight excluding hydrogens is 229 g/mol. The van der Waals surface area contributed by atoms with Gasteiger partial charge in [0.25, 0.3) is 0 Å². The van der Waals surface area contributed by atoms with Gasteiger partial charge in [-0.1, -0.05) is 43.7 Å². The van der Waals surface area contributed by atoms with Crippen LogP contribution >= 0.6 is 0 Å². The molecule has 0 aromatic heterocycles. The minimum atomic E-state index is -1.05. The van der Waals surface area contributed by atoms with E-state index in [1.165, 1.54) is 0 Å². The van der Waals surface area contributed by atoms with E-state index in [9.17, 15) is 9.90 Å². The van der Waals surface area contributed by atoms with E-state index in [4.69, 9.17) is 5.11 Å². The number of benzene rings is 1. The van der Waals surface area contributed by atoms with Gasteiger partial charge in [-0.2, -0.15) is 0 Å². The molecule has 1 aromatic carbocycles. The average Bonchev–Trinajstić information content (AvgIpc) is 2.29. The van der Waals surface area contributed by atoms with Gasteiger partial charge in [-0.15, -0.1) is 0 Å². The summed E-state index contributed by atoms with van der Waals surface area (Å²) in [5, 5.41) is 20.5. The number of carboxylic acids is 1. The fourth-order valence-corrected chi connectivity index (χ4v) is 1.31. The minimum absolute atomic E-state index is 0. The van der Waals surface area contributed by atoms with Crippen molar-refractivity contribution < 1.29 is 44.6 Å². The number of carboxylic acid groups (broad SMARTS) is 1. The van der Waals surface area contributed by atoms with Crippen molar-refractivity contribution in [2.24, 2.45) is 4.99 Å². The number of aliphatic carboxylic acids is 1. The topological polar surface area (TPSA) is 72.7 Å². The molecule has 1 N–H and O–H groups in total. The maximum absolute atomic E-state index is 11.6. The molecule has 5 heteroatoms. The summed E-state index contributed by atoms with van der Waals surface area (Å²) in [6.07, 6.45) is 1.07. The molecule has 0 radical (unpaired) electrons. The number of aliphatic imine (C=N–C) groups is 1. The van der Waals surface area contributed by atoms with Crippen LogP contribution in [0.25, 0.3) is 0 Å². The Morgan fingerprint density at radius 3 is 2.47 bits per heavy atom. The van der Waals surface area contributed by atoms with Crippen LogP contribution < -0.4 is 34.7 Å². The molecule has 0 aliphatic heterocycles. The van der Waals surface area contributed by atoms with E-state index in [2.05, 4.69) is 4.99 Å². The molecule has 0 saturated heterocycles. The minimum Gasteiger partial charge on any atom is -0.858 e. The maximum Gasteiger partial charge on any atom is 1.00 e. The molecule has 0 aliphatic carbocycles. The monoisotopic (exact) mass is 243 g/mol. The second-order valence-corrected chi connectivity index (χ2v) is 3.44. The Balaban J connectivity index is 0.00000256. The Labute approximate surface area is 123 Å². The summed E-state index contributed by atoms with van der Waals surface area (Å²) >= 11 is 0. The van der Waals surface area contributed by atoms with Crippen LogP contribution in [0.1, 0.15) is 25.3 Å². The SMILES string of the molecule is CCC[C@@H](N=C([O-])c1ccccc1)C(=O)O.[Na+]. The second-order valence-electron chi connectivity index (χ2n) is 3.44. The zero-order chi connectivity index (χ0) is 12.0. The van der Waals surface area contributed by atoms with Crippen molar-refractivity contribution in [1.29, 1.82) is 0 Å². The number of hydrogen-bond donors (Lipinski definition) is 1. The van der Waals surface area contributed by atoms with Gasteiger partial charge in [0.2, 0.25) is 0 Å². The summed E-state index contributed by atoms with van der Waals surface area (Å²) in [5.41, 5.74) is 0.421. The molecule has 0 amide bonds. The van der Waals surface area contributed by atoms with E-state index < -0.39 is 17.9 Å². The molecule has 0 bridgehead atoms. The van der Waals surface area contributed by atoms with Gasteiger partial charge >= 0.3 is 35.5 Å². The first-order valence-corrected chi connectivity index (χ1v) is 5.18. The first-order chi connectivity index (χ1) is 7.65. The van der Waals surface area contributed by atoms with Gasteiger partial charge in [-0.25, -0.2) is 4.79 Å². The average molecular weight is 243 g/mol. The van der Waals surface area contributed by atoms with E-state index in [1.807, 2.05) is 6.92 Å². The Morgan fingerprint density at radius 2 is 2.00 bits per heavy atom. The van der Waals surface area contributed by atoms with Crippen LogP contribution in [0.3, 0.4) is 0 Å². The Hall–Kier alpha value is -0.840. The van der Waals surface area contributed by atoms with Gasteiger partial charge in [0.15, 0.2) is 0 Å². The second kappa shape index (κ2) is 8.28. The summed E-state index contributed by atoms with van der Waals surface area (Å²) in [7, 11) is 0. The zero-order valence-electron chi connectivity index (χ0n) is 10.1. The quantitative estimate of drug-likeness (QED) is 0.371. The molecular formula is C12H14NNaO3. The third-order valence-electron chi connectivity index (χ3n) is 2.14. The number of carbonyl (C=O) groups is 1. The number of nitrogens with zero attached hydrogens (tertiary/aromatic N) is 1. The number of rotatable bonds is 5. The van der Waals surface area contributed by atoms with Crippen LogP contribution in [-0.2, 0) is 4.79 Å². The van der Waals surface area contributed by atoms with E-state index in [1.54, 1.807) is 30.3 Å². The van der Waals surface area contributed by atoms with Crippen molar-refractivity contribution in [1.82, 2.24) is 0 Å². The molecule has 0 fully saturated rings. The Morgan fingerprint density at radius 1 is 1.41 bits per heavy atom. The molecule has 0 spiro atoms. The largest absolute Gasteiger partial charge is 1.00 e. The van der Waals surface area contributed by atoms with Gasteiger partial charge in [0, 0.05) is 0 Å². The maximum atomic E-state index is 11.6. The van der Waals surface area contributed by atoms with E-state index in [-0.39, 0.29) is 29.6 Å². The van der Waals surface area contributed by atoms with Gasteiger partial charge < -0.3 is 10.2 Å². The summed E-state index contributed by atoms with van der Waals surface area (Å²) in [6, 6.07) is 7.54. The van der Waals surface area contributed by atoms with E-state index in [0.717, 1.165) is 0 Å². The van der Waals surface area contributed by atoms with E-state index >= 15 is 0 Å². The molecule has 1 atom stereocenters. The normalized spacial score (nSPS) is 12.6. The molecule has 0 saturated carbocycles. The molecule has 17 heavy (non-hydrogen) atoms. The third-order valence-corrected chi connectivity index (χ3v) is 2.14. The van der Waals surface area contributed by atoms with Gasteiger partial charge in [0.05, 0.1) is 0 Å². The first kappa shape index (κ1) is 16.2. The van der Waals surface area contributed by atoms with Gasteiger partial charge in [-0.05, 0) is 17.9 Å². The van der Waals surface area contributed by atoms with Crippen molar-refractivity contribution in [3.05, 3.63) is 35.9 Å². The van der Waals surface area contributed by atoms with Crippen LogP contribution in [0, 0.1) is 0 Å². The van der Waals surface area contributed by atoms with Crippen LogP contribution in [0.4, 0.5) is 0 Å². The van der Waals surface area contributed by atoms with Crippen molar-refractivity contribution >= 4 is 11.9 Å². The van der Waals surface area contributed by atoms with Crippen molar-refractivity contribution in [3.63, 3.8) is 0 Å². The molecule has 4 nitrogen and oxygen atoms in total. The number of hydrogen-bond acceptors (Lipinski definition) is 3. The molecule has 0 heterocycles. The van der Waals surface area contributed by atoms with Crippen LogP contribution in [0.5, 0.6) is 0 Å². The fourth-order valence-electron chi connectivity index (χ4n) is 1.31. The van der Waals surface area contributed by atoms with Gasteiger partial charge in [0.1, 0.15) is 6.04 Å².